The van der Waals surface area contributed by atoms with E-state index in [2.05, 4.69) is 5.32 Å². The zero-order valence-electron chi connectivity index (χ0n) is 7.70. The normalized spacial score (nSPS) is 21.9. The molecule has 1 aromatic carbocycles. The molecule has 0 radical (unpaired) electrons. The smallest absolute Gasteiger partial charge is 0.123 e. The molecule has 14 heavy (non-hydrogen) atoms. The first kappa shape index (κ1) is 9.37. The lowest BCUT2D eigenvalue weighted by atomic mass is 9.98. The summed E-state index contributed by atoms with van der Waals surface area (Å²) in [5, 5.41) is 12.7. The quantitative estimate of drug-likeness (QED) is 0.701. The van der Waals surface area contributed by atoms with Gasteiger partial charge in [-0.25, -0.2) is 4.39 Å². The Morgan fingerprint density at radius 3 is 2.64 bits per heavy atom. The van der Waals surface area contributed by atoms with E-state index in [1.165, 1.54) is 12.1 Å². The number of benzene rings is 1. The molecule has 0 bridgehead atoms. The van der Waals surface area contributed by atoms with Gasteiger partial charge in [0.15, 0.2) is 0 Å². The second kappa shape index (κ2) is 3.90. The minimum atomic E-state index is -0.491. The highest BCUT2D eigenvalue weighted by molar-refractivity contribution is 5.69. The Bertz CT molecular complexity index is 345. The van der Waals surface area contributed by atoms with Gasteiger partial charge in [0.2, 0.25) is 0 Å². The average Bonchev–Trinajstić information content (AvgIpc) is 2.20. The van der Waals surface area contributed by atoms with Gasteiger partial charge in [-0.05, 0) is 23.3 Å². The lowest BCUT2D eigenvalue weighted by molar-refractivity contribution is 0.225. The van der Waals surface area contributed by atoms with Crippen molar-refractivity contribution in [3.05, 3.63) is 41.7 Å². The Labute approximate surface area is 82.1 Å². The van der Waals surface area contributed by atoms with Crippen molar-refractivity contribution in [2.45, 2.75) is 6.10 Å². The fourth-order valence-electron chi connectivity index (χ4n) is 1.60. The fraction of sp³-hybridized carbons (Fsp3) is 0.273. The molecular weight excluding hydrogens is 181 g/mol. The molecule has 0 spiro atoms. The Balaban J connectivity index is 2.29. The van der Waals surface area contributed by atoms with E-state index in [9.17, 15) is 9.50 Å². The number of aliphatic hydroxyl groups excluding tert-OH is 1. The Hall–Kier alpha value is -1.19. The van der Waals surface area contributed by atoms with Crippen LogP contribution in [0.4, 0.5) is 4.39 Å². The Kier molecular flexibility index (Phi) is 2.61. The summed E-state index contributed by atoms with van der Waals surface area (Å²) in [5.41, 5.74) is 1.77. The Morgan fingerprint density at radius 2 is 2.00 bits per heavy atom. The minimum absolute atomic E-state index is 0.252. The van der Waals surface area contributed by atoms with Crippen molar-refractivity contribution in [1.29, 1.82) is 0 Å². The molecule has 0 fully saturated rings. The summed E-state index contributed by atoms with van der Waals surface area (Å²) in [6.07, 6.45) is 1.44. The van der Waals surface area contributed by atoms with Crippen molar-refractivity contribution in [1.82, 2.24) is 5.32 Å². The monoisotopic (exact) mass is 193 g/mol. The lowest BCUT2D eigenvalue weighted by Gasteiger charge is -2.20. The van der Waals surface area contributed by atoms with Gasteiger partial charge in [0.25, 0.3) is 0 Å². The third-order valence-corrected chi connectivity index (χ3v) is 2.34. The first-order valence-electron chi connectivity index (χ1n) is 4.62. The standard InChI is InChI=1S/C11H12FNO/c12-9-3-1-8(2-4-9)10-5-6-13-7-11(10)14/h1-5,11,13-14H,6-7H2/t11-/m0/s1. The molecule has 2 N–H and O–H groups in total. The summed E-state index contributed by atoms with van der Waals surface area (Å²) in [5.74, 6) is -0.252. The number of nitrogens with one attached hydrogen (secondary N) is 1. The third kappa shape index (κ3) is 1.84. The largest absolute Gasteiger partial charge is 0.387 e. The zero-order chi connectivity index (χ0) is 9.97. The van der Waals surface area contributed by atoms with E-state index in [4.69, 9.17) is 0 Å². The third-order valence-electron chi connectivity index (χ3n) is 2.34. The van der Waals surface area contributed by atoms with Gasteiger partial charge >= 0.3 is 0 Å². The van der Waals surface area contributed by atoms with Crippen molar-refractivity contribution in [2.75, 3.05) is 13.1 Å². The van der Waals surface area contributed by atoms with Gasteiger partial charge in [-0.3, -0.25) is 0 Å². The van der Waals surface area contributed by atoms with E-state index in [0.29, 0.717) is 6.54 Å². The number of hydrogen-bond donors (Lipinski definition) is 2. The average molecular weight is 193 g/mol. The molecule has 1 aromatic rings. The highest BCUT2D eigenvalue weighted by atomic mass is 19.1. The fourth-order valence-corrected chi connectivity index (χ4v) is 1.60. The Morgan fingerprint density at radius 1 is 1.29 bits per heavy atom. The van der Waals surface area contributed by atoms with Crippen LogP contribution in [0, 0.1) is 5.82 Å². The maximum absolute atomic E-state index is 12.7. The molecule has 1 heterocycles. The van der Waals surface area contributed by atoms with Gasteiger partial charge in [-0.2, -0.15) is 0 Å². The number of hydrogen-bond acceptors (Lipinski definition) is 2. The molecule has 74 valence electrons. The van der Waals surface area contributed by atoms with Crippen molar-refractivity contribution in [3.63, 3.8) is 0 Å². The summed E-state index contributed by atoms with van der Waals surface area (Å²) in [6.45, 7) is 1.31. The van der Waals surface area contributed by atoms with E-state index >= 15 is 0 Å². The number of aliphatic hydroxyl groups is 1. The highest BCUT2D eigenvalue weighted by Gasteiger charge is 2.15. The lowest BCUT2D eigenvalue weighted by Crippen LogP contribution is -2.32. The maximum atomic E-state index is 12.7. The van der Waals surface area contributed by atoms with Crippen molar-refractivity contribution in [2.24, 2.45) is 0 Å². The van der Waals surface area contributed by atoms with Crippen LogP contribution in [0.25, 0.3) is 5.57 Å². The number of β-amino-alcohol motifs (C(OH)–C–C–N with tert-alkyl or cyclic N) is 1. The molecule has 0 saturated heterocycles. The van der Waals surface area contributed by atoms with Crippen LogP contribution >= 0.6 is 0 Å². The van der Waals surface area contributed by atoms with Crippen LogP contribution in [0.5, 0.6) is 0 Å². The first-order chi connectivity index (χ1) is 6.77. The van der Waals surface area contributed by atoms with Crippen LogP contribution in [0.2, 0.25) is 0 Å². The predicted molar refractivity (Wildman–Crippen MR) is 53.3 cm³/mol. The zero-order valence-corrected chi connectivity index (χ0v) is 7.70. The van der Waals surface area contributed by atoms with E-state index < -0.39 is 6.10 Å². The van der Waals surface area contributed by atoms with Crippen LogP contribution in [0.1, 0.15) is 5.56 Å². The molecule has 0 aromatic heterocycles. The summed E-state index contributed by atoms with van der Waals surface area (Å²) >= 11 is 0. The van der Waals surface area contributed by atoms with Crippen LogP contribution in [0.3, 0.4) is 0 Å². The van der Waals surface area contributed by atoms with Gasteiger partial charge in [0.1, 0.15) is 5.82 Å². The van der Waals surface area contributed by atoms with E-state index in [1.54, 1.807) is 12.1 Å². The molecule has 2 nitrogen and oxygen atoms in total. The van der Waals surface area contributed by atoms with Crippen LogP contribution < -0.4 is 5.32 Å². The summed E-state index contributed by atoms with van der Waals surface area (Å²) in [6, 6.07) is 6.20. The van der Waals surface area contributed by atoms with Gasteiger partial charge < -0.3 is 10.4 Å². The summed E-state index contributed by atoms with van der Waals surface area (Å²) < 4.78 is 12.7. The summed E-state index contributed by atoms with van der Waals surface area (Å²) in [4.78, 5) is 0. The van der Waals surface area contributed by atoms with Crippen molar-refractivity contribution < 1.29 is 9.50 Å². The van der Waals surface area contributed by atoms with Gasteiger partial charge in [0, 0.05) is 13.1 Å². The molecule has 0 saturated carbocycles. The number of rotatable bonds is 1. The van der Waals surface area contributed by atoms with E-state index in [1.807, 2.05) is 6.08 Å². The van der Waals surface area contributed by atoms with E-state index in [0.717, 1.165) is 17.7 Å². The minimum Gasteiger partial charge on any atom is -0.387 e. The van der Waals surface area contributed by atoms with Crippen LogP contribution in [0.15, 0.2) is 30.3 Å². The highest BCUT2D eigenvalue weighted by Crippen LogP contribution is 2.20. The van der Waals surface area contributed by atoms with Crippen molar-refractivity contribution in [3.8, 4) is 0 Å². The molecular formula is C11H12FNO. The maximum Gasteiger partial charge on any atom is 0.123 e. The first-order valence-corrected chi connectivity index (χ1v) is 4.62. The van der Waals surface area contributed by atoms with Crippen molar-refractivity contribution >= 4 is 5.57 Å². The van der Waals surface area contributed by atoms with Crippen LogP contribution in [-0.4, -0.2) is 24.3 Å². The molecule has 0 amide bonds. The molecule has 3 heteroatoms. The van der Waals surface area contributed by atoms with Gasteiger partial charge in [-0.1, -0.05) is 18.2 Å². The summed E-state index contributed by atoms with van der Waals surface area (Å²) in [7, 11) is 0. The number of halogens is 1. The molecule has 1 aliphatic heterocycles. The molecule has 1 aliphatic rings. The second-order valence-corrected chi connectivity index (χ2v) is 3.34. The predicted octanol–water partition coefficient (Wildman–Crippen LogP) is 1.17. The topological polar surface area (TPSA) is 32.3 Å². The molecule has 2 rings (SSSR count). The van der Waals surface area contributed by atoms with Gasteiger partial charge in [0.05, 0.1) is 6.10 Å². The van der Waals surface area contributed by atoms with Gasteiger partial charge in [-0.15, -0.1) is 0 Å². The molecule has 0 unspecified atom stereocenters. The second-order valence-electron chi connectivity index (χ2n) is 3.34. The SMILES string of the molecule is O[C@H]1CNCC=C1c1ccc(F)cc1. The molecule has 1 atom stereocenters. The molecule has 0 aliphatic carbocycles. The van der Waals surface area contributed by atoms with Crippen LogP contribution in [-0.2, 0) is 0 Å². The van der Waals surface area contributed by atoms with E-state index in [-0.39, 0.29) is 5.82 Å².